The molecule has 0 fully saturated rings. The second-order valence-corrected chi connectivity index (χ2v) is 9.73. The standard InChI is InChI=1S/C25H21BrN2O6S/c1-4-32-24(30)21-13(2)27-25-28(22(21)14-5-7-18-19(10-14)34-12-33-18)23(29)20(35-25)11-15-9-16(26)6-8-17(15)31-3/h5-11,22H,4,12H2,1-3H3/b20-11+. The molecule has 0 radical (unpaired) electrons. The zero-order valence-corrected chi connectivity index (χ0v) is 21.6. The number of aromatic nitrogens is 1. The molecule has 3 heterocycles. The summed E-state index contributed by atoms with van der Waals surface area (Å²) < 4.78 is 24.7. The van der Waals surface area contributed by atoms with Crippen molar-refractivity contribution in [1.29, 1.82) is 0 Å². The highest BCUT2D eigenvalue weighted by molar-refractivity contribution is 9.10. The molecule has 1 unspecified atom stereocenters. The van der Waals surface area contributed by atoms with E-state index in [2.05, 4.69) is 20.9 Å². The Labute approximate surface area is 212 Å². The maximum Gasteiger partial charge on any atom is 0.338 e. The number of carbonyl (C=O) groups is 1. The minimum Gasteiger partial charge on any atom is -0.496 e. The zero-order chi connectivity index (χ0) is 24.7. The van der Waals surface area contributed by atoms with E-state index >= 15 is 0 Å². The molecular formula is C25H21BrN2O6S. The first-order valence-electron chi connectivity index (χ1n) is 10.8. The van der Waals surface area contributed by atoms with Gasteiger partial charge in [0.25, 0.3) is 5.56 Å². The van der Waals surface area contributed by atoms with E-state index in [9.17, 15) is 9.59 Å². The van der Waals surface area contributed by atoms with Gasteiger partial charge >= 0.3 is 5.97 Å². The minimum atomic E-state index is -0.730. The number of halogens is 1. The molecule has 2 aliphatic heterocycles. The first-order chi connectivity index (χ1) is 16.9. The van der Waals surface area contributed by atoms with Crippen molar-refractivity contribution in [3.05, 3.63) is 83.0 Å². The third-order valence-electron chi connectivity index (χ3n) is 5.71. The number of nitrogens with zero attached hydrogens (tertiary/aromatic N) is 2. The van der Waals surface area contributed by atoms with Crippen LogP contribution in [-0.2, 0) is 9.53 Å². The molecule has 0 saturated heterocycles. The second kappa shape index (κ2) is 9.35. The molecule has 0 N–H and O–H groups in total. The summed E-state index contributed by atoms with van der Waals surface area (Å²) in [5.41, 5.74) is 1.98. The number of methoxy groups -OCH3 is 1. The van der Waals surface area contributed by atoms with Gasteiger partial charge in [0.2, 0.25) is 6.79 Å². The van der Waals surface area contributed by atoms with Crippen LogP contribution in [0.1, 0.15) is 31.0 Å². The summed E-state index contributed by atoms with van der Waals surface area (Å²) in [5, 5.41) is 0. The van der Waals surface area contributed by atoms with E-state index < -0.39 is 12.0 Å². The fourth-order valence-corrected chi connectivity index (χ4v) is 5.57. The molecule has 2 aromatic carbocycles. The van der Waals surface area contributed by atoms with Gasteiger partial charge in [-0.1, -0.05) is 33.3 Å². The number of fused-ring (bicyclic) bond motifs is 2. The quantitative estimate of drug-likeness (QED) is 0.448. The van der Waals surface area contributed by atoms with Crippen molar-refractivity contribution in [3.8, 4) is 17.2 Å². The van der Waals surface area contributed by atoms with Gasteiger partial charge in [-0.3, -0.25) is 9.36 Å². The third-order valence-corrected chi connectivity index (χ3v) is 7.18. The smallest absolute Gasteiger partial charge is 0.338 e. The third kappa shape index (κ3) is 4.17. The van der Waals surface area contributed by atoms with Crippen LogP contribution in [0.15, 0.2) is 61.9 Å². The van der Waals surface area contributed by atoms with Crippen molar-refractivity contribution in [2.75, 3.05) is 20.5 Å². The van der Waals surface area contributed by atoms with Crippen molar-refractivity contribution in [1.82, 2.24) is 4.57 Å². The van der Waals surface area contributed by atoms with Crippen molar-refractivity contribution in [2.45, 2.75) is 19.9 Å². The zero-order valence-electron chi connectivity index (χ0n) is 19.2. The van der Waals surface area contributed by atoms with E-state index in [4.69, 9.17) is 18.9 Å². The van der Waals surface area contributed by atoms with Crippen LogP contribution in [0.25, 0.3) is 6.08 Å². The van der Waals surface area contributed by atoms with Crippen LogP contribution in [0.5, 0.6) is 17.2 Å². The Morgan fingerprint density at radius 2 is 2.06 bits per heavy atom. The number of ether oxygens (including phenoxy) is 4. The molecular weight excluding hydrogens is 536 g/mol. The van der Waals surface area contributed by atoms with Gasteiger partial charge in [-0.25, -0.2) is 9.79 Å². The summed E-state index contributed by atoms with van der Waals surface area (Å²) in [5.74, 6) is 1.29. The van der Waals surface area contributed by atoms with Crippen LogP contribution in [0.2, 0.25) is 0 Å². The van der Waals surface area contributed by atoms with Crippen LogP contribution in [0.4, 0.5) is 0 Å². The van der Waals surface area contributed by atoms with Crippen LogP contribution in [0, 0.1) is 0 Å². The summed E-state index contributed by atoms with van der Waals surface area (Å²) >= 11 is 4.72. The van der Waals surface area contributed by atoms with Gasteiger partial charge in [0, 0.05) is 10.0 Å². The predicted molar refractivity (Wildman–Crippen MR) is 134 cm³/mol. The lowest BCUT2D eigenvalue weighted by Gasteiger charge is -2.24. The Kier molecular flexibility index (Phi) is 6.24. The average molecular weight is 557 g/mol. The lowest BCUT2D eigenvalue weighted by molar-refractivity contribution is -0.139. The number of hydrogen-bond acceptors (Lipinski definition) is 8. The van der Waals surface area contributed by atoms with Gasteiger partial charge in [-0.05, 0) is 55.8 Å². The molecule has 0 saturated carbocycles. The highest BCUT2D eigenvalue weighted by atomic mass is 79.9. The topological polar surface area (TPSA) is 88.4 Å². The average Bonchev–Trinajstić information content (AvgIpc) is 3.42. The van der Waals surface area contributed by atoms with Crippen LogP contribution < -0.4 is 29.1 Å². The van der Waals surface area contributed by atoms with Crippen LogP contribution in [0.3, 0.4) is 0 Å². The Morgan fingerprint density at radius 1 is 1.26 bits per heavy atom. The SMILES string of the molecule is CCOC(=O)C1=C(C)N=c2s/c(=C/c3cc(Br)ccc3OC)c(=O)n2C1c1ccc2c(c1)OCO2. The lowest BCUT2D eigenvalue weighted by atomic mass is 9.95. The number of allylic oxidation sites excluding steroid dienone is 1. The number of hydrogen-bond donors (Lipinski definition) is 0. The molecule has 1 aromatic heterocycles. The van der Waals surface area contributed by atoms with E-state index in [1.807, 2.05) is 24.3 Å². The Bertz CT molecular complexity index is 1550. The fourth-order valence-electron chi connectivity index (χ4n) is 4.15. The molecule has 180 valence electrons. The molecule has 2 aliphatic rings. The van der Waals surface area contributed by atoms with E-state index in [0.717, 1.165) is 10.0 Å². The van der Waals surface area contributed by atoms with Crippen molar-refractivity contribution in [3.63, 3.8) is 0 Å². The molecule has 0 spiro atoms. The second-order valence-electron chi connectivity index (χ2n) is 7.80. The number of esters is 1. The normalized spacial score (nSPS) is 16.7. The monoisotopic (exact) mass is 556 g/mol. The van der Waals surface area contributed by atoms with Crippen LogP contribution in [-0.4, -0.2) is 31.0 Å². The number of rotatable bonds is 5. The Balaban J connectivity index is 1.74. The van der Waals surface area contributed by atoms with Crippen molar-refractivity contribution >= 4 is 39.3 Å². The summed E-state index contributed by atoms with van der Waals surface area (Å²) in [7, 11) is 1.58. The molecule has 1 atom stereocenters. The van der Waals surface area contributed by atoms with Crippen LogP contribution >= 0.6 is 27.3 Å². The van der Waals surface area contributed by atoms with Gasteiger partial charge < -0.3 is 18.9 Å². The number of thiazole rings is 1. The maximum absolute atomic E-state index is 13.8. The van der Waals surface area contributed by atoms with Gasteiger partial charge in [-0.15, -0.1) is 0 Å². The highest BCUT2D eigenvalue weighted by Crippen LogP contribution is 2.38. The minimum absolute atomic E-state index is 0.121. The summed E-state index contributed by atoms with van der Waals surface area (Å²) in [6.07, 6.45) is 1.77. The molecule has 0 bridgehead atoms. The molecule has 0 aliphatic carbocycles. The Morgan fingerprint density at radius 3 is 2.83 bits per heavy atom. The predicted octanol–water partition coefficient (Wildman–Crippen LogP) is 3.30. The molecule has 10 heteroatoms. The van der Waals surface area contributed by atoms with Gasteiger partial charge in [0.1, 0.15) is 5.75 Å². The summed E-state index contributed by atoms with van der Waals surface area (Å²) in [6, 6.07) is 10.2. The Hall–Kier alpha value is -3.37. The molecule has 8 nitrogen and oxygen atoms in total. The van der Waals surface area contributed by atoms with Gasteiger partial charge in [0.05, 0.1) is 35.6 Å². The maximum atomic E-state index is 13.8. The first kappa shape index (κ1) is 23.4. The summed E-state index contributed by atoms with van der Waals surface area (Å²) in [4.78, 5) is 31.9. The molecule has 5 rings (SSSR count). The van der Waals surface area contributed by atoms with E-state index in [-0.39, 0.29) is 19.0 Å². The van der Waals surface area contributed by atoms with E-state index in [1.54, 1.807) is 39.2 Å². The summed E-state index contributed by atoms with van der Waals surface area (Å²) in [6.45, 7) is 3.82. The number of benzene rings is 2. The molecule has 0 amide bonds. The molecule has 3 aromatic rings. The van der Waals surface area contributed by atoms with Crippen molar-refractivity contribution < 1.29 is 23.7 Å². The fraction of sp³-hybridized carbons (Fsp3) is 0.240. The molecule has 35 heavy (non-hydrogen) atoms. The highest BCUT2D eigenvalue weighted by Gasteiger charge is 2.34. The first-order valence-corrected chi connectivity index (χ1v) is 12.4. The largest absolute Gasteiger partial charge is 0.496 e. The van der Waals surface area contributed by atoms with E-state index in [0.29, 0.717) is 43.4 Å². The van der Waals surface area contributed by atoms with E-state index in [1.165, 1.54) is 15.9 Å². The van der Waals surface area contributed by atoms with Crippen molar-refractivity contribution in [2.24, 2.45) is 4.99 Å². The lowest BCUT2D eigenvalue weighted by Crippen LogP contribution is -2.39. The number of carbonyl (C=O) groups excluding carboxylic acids is 1. The van der Waals surface area contributed by atoms with Gasteiger partial charge in [0.15, 0.2) is 16.3 Å². The van der Waals surface area contributed by atoms with Gasteiger partial charge in [-0.2, -0.15) is 0 Å².